The minimum atomic E-state index is -0.459. The highest BCUT2D eigenvalue weighted by atomic mass is 32.2. The molecular formula is C22H16N4O4S. The Labute approximate surface area is 181 Å². The number of para-hydroxylation sites is 1. The second-order valence-corrected chi connectivity index (χ2v) is 8.20. The van der Waals surface area contributed by atoms with Crippen LogP contribution in [0.15, 0.2) is 76.4 Å². The zero-order chi connectivity index (χ0) is 21.4. The molecule has 9 heteroatoms. The van der Waals surface area contributed by atoms with Gasteiger partial charge in [-0.2, -0.15) is 0 Å². The van der Waals surface area contributed by atoms with Crippen LogP contribution >= 0.6 is 11.8 Å². The Morgan fingerprint density at radius 1 is 1.10 bits per heavy atom. The Balaban J connectivity index is 1.46. The smallest absolute Gasteiger partial charge is 0.271 e. The number of aromatic nitrogens is 2. The van der Waals surface area contributed by atoms with Crippen LogP contribution in [0.25, 0.3) is 22.5 Å². The van der Waals surface area contributed by atoms with E-state index < -0.39 is 4.92 Å². The van der Waals surface area contributed by atoms with Crippen LogP contribution in [0.2, 0.25) is 0 Å². The average molecular weight is 432 g/mol. The van der Waals surface area contributed by atoms with E-state index in [1.165, 1.54) is 23.9 Å². The fourth-order valence-electron chi connectivity index (χ4n) is 3.58. The van der Waals surface area contributed by atoms with Crippen molar-refractivity contribution in [1.82, 2.24) is 9.97 Å². The van der Waals surface area contributed by atoms with Crippen molar-refractivity contribution in [3.05, 3.63) is 77.0 Å². The summed E-state index contributed by atoms with van der Waals surface area (Å²) in [6, 6.07) is 17.4. The quantitative estimate of drug-likeness (QED) is 0.256. The Kier molecular flexibility index (Phi) is 4.87. The molecule has 0 N–H and O–H groups in total. The van der Waals surface area contributed by atoms with Gasteiger partial charge < -0.3 is 9.32 Å². The van der Waals surface area contributed by atoms with E-state index in [-0.39, 0.29) is 16.8 Å². The number of hydrogen-bond donors (Lipinski definition) is 0. The highest BCUT2D eigenvalue weighted by Crippen LogP contribution is 2.37. The third-order valence-corrected chi connectivity index (χ3v) is 6.33. The minimum Gasteiger partial charge on any atom is -0.461 e. The van der Waals surface area contributed by atoms with Crippen LogP contribution < -0.4 is 4.90 Å². The van der Waals surface area contributed by atoms with Gasteiger partial charge in [-0.1, -0.05) is 36.0 Å². The van der Waals surface area contributed by atoms with Crippen LogP contribution in [0.1, 0.15) is 6.42 Å². The second-order valence-electron chi connectivity index (χ2n) is 7.01. The lowest BCUT2D eigenvalue weighted by atomic mass is 10.2. The number of rotatable bonds is 5. The van der Waals surface area contributed by atoms with Gasteiger partial charge in [-0.15, -0.1) is 0 Å². The number of benzene rings is 2. The molecule has 1 aliphatic rings. The van der Waals surface area contributed by atoms with Crippen molar-refractivity contribution < 1.29 is 14.1 Å². The number of hydrogen-bond acceptors (Lipinski definition) is 7. The first-order chi connectivity index (χ1) is 15.1. The van der Waals surface area contributed by atoms with E-state index in [2.05, 4.69) is 9.97 Å². The van der Waals surface area contributed by atoms with Crippen molar-refractivity contribution in [2.24, 2.45) is 0 Å². The van der Waals surface area contributed by atoms with Gasteiger partial charge in [0.25, 0.3) is 5.69 Å². The van der Waals surface area contributed by atoms with E-state index in [9.17, 15) is 14.9 Å². The van der Waals surface area contributed by atoms with Crippen molar-refractivity contribution >= 4 is 39.9 Å². The van der Waals surface area contributed by atoms with Gasteiger partial charge in [-0.05, 0) is 30.7 Å². The molecule has 2 aromatic heterocycles. The van der Waals surface area contributed by atoms with Crippen molar-refractivity contribution in [3.8, 4) is 11.6 Å². The summed E-state index contributed by atoms with van der Waals surface area (Å²) in [5, 5.41) is 12.3. The predicted molar refractivity (Wildman–Crippen MR) is 117 cm³/mol. The molecule has 31 heavy (non-hydrogen) atoms. The van der Waals surface area contributed by atoms with E-state index in [1.807, 2.05) is 24.3 Å². The van der Waals surface area contributed by atoms with Gasteiger partial charge >= 0.3 is 0 Å². The third-order valence-electron chi connectivity index (χ3n) is 5.07. The summed E-state index contributed by atoms with van der Waals surface area (Å²) in [5.74, 6) is 0.934. The molecule has 0 radical (unpaired) electrons. The first-order valence-corrected chi connectivity index (χ1v) is 10.5. The first kappa shape index (κ1) is 19.3. The van der Waals surface area contributed by atoms with Crippen molar-refractivity contribution in [3.63, 3.8) is 0 Å². The van der Waals surface area contributed by atoms with Crippen LogP contribution in [-0.2, 0) is 4.79 Å². The lowest BCUT2D eigenvalue weighted by Crippen LogP contribution is -2.28. The van der Waals surface area contributed by atoms with E-state index in [4.69, 9.17) is 4.42 Å². The van der Waals surface area contributed by atoms with Crippen LogP contribution in [0.4, 0.5) is 11.4 Å². The van der Waals surface area contributed by atoms with E-state index in [0.717, 1.165) is 10.9 Å². The molecule has 0 saturated carbocycles. The molecule has 0 bridgehead atoms. The molecule has 3 heterocycles. The predicted octanol–water partition coefficient (Wildman–Crippen LogP) is 4.70. The zero-order valence-corrected chi connectivity index (χ0v) is 17.0. The number of furan rings is 1. The number of anilines is 1. The molecule has 0 aliphatic carbocycles. The van der Waals surface area contributed by atoms with Crippen LogP contribution in [0, 0.1) is 10.1 Å². The molecule has 1 unspecified atom stereocenters. The normalized spacial score (nSPS) is 16.2. The number of nitro benzene ring substituents is 1. The van der Waals surface area contributed by atoms with Crippen LogP contribution in [-0.4, -0.2) is 32.6 Å². The largest absolute Gasteiger partial charge is 0.461 e. The zero-order valence-electron chi connectivity index (χ0n) is 16.2. The summed E-state index contributed by atoms with van der Waals surface area (Å²) >= 11 is 1.39. The van der Waals surface area contributed by atoms with Crippen LogP contribution in [0.3, 0.4) is 0 Å². The molecular weight excluding hydrogens is 416 g/mol. The van der Waals surface area contributed by atoms with Crippen molar-refractivity contribution in [2.75, 3.05) is 11.4 Å². The summed E-state index contributed by atoms with van der Waals surface area (Å²) in [7, 11) is 0. The number of amides is 1. The SMILES string of the molecule is O=C1C(Sc2nc(-c3ccco3)nc3ccccc23)CCN1c1cccc([N+](=O)[O-])c1. The number of thioether (sulfide) groups is 1. The van der Waals surface area contributed by atoms with Gasteiger partial charge in [0, 0.05) is 24.1 Å². The maximum atomic E-state index is 13.1. The maximum absolute atomic E-state index is 13.1. The lowest BCUT2D eigenvalue weighted by Gasteiger charge is -2.16. The Morgan fingerprint density at radius 2 is 1.97 bits per heavy atom. The Bertz CT molecular complexity index is 1290. The summed E-state index contributed by atoms with van der Waals surface area (Å²) < 4.78 is 5.46. The van der Waals surface area contributed by atoms with Gasteiger partial charge in [-0.25, -0.2) is 9.97 Å². The molecule has 4 aromatic rings. The van der Waals surface area contributed by atoms with E-state index >= 15 is 0 Å². The molecule has 1 aliphatic heterocycles. The molecule has 0 spiro atoms. The fourth-order valence-corrected chi connectivity index (χ4v) is 4.74. The third kappa shape index (κ3) is 3.64. The number of fused-ring (bicyclic) bond motifs is 1. The van der Waals surface area contributed by atoms with Gasteiger partial charge in [-0.3, -0.25) is 14.9 Å². The molecule has 1 atom stereocenters. The second kappa shape index (κ2) is 7.84. The van der Waals surface area contributed by atoms with Crippen molar-refractivity contribution in [1.29, 1.82) is 0 Å². The minimum absolute atomic E-state index is 0.0358. The number of nitro groups is 1. The Morgan fingerprint density at radius 3 is 2.77 bits per heavy atom. The highest BCUT2D eigenvalue weighted by Gasteiger charge is 2.34. The van der Waals surface area contributed by atoms with Crippen molar-refractivity contribution in [2.45, 2.75) is 16.7 Å². The molecule has 1 fully saturated rings. The maximum Gasteiger partial charge on any atom is 0.271 e. The number of non-ortho nitro benzene ring substituents is 1. The summed E-state index contributed by atoms with van der Waals surface area (Å²) in [6.07, 6.45) is 2.18. The monoisotopic (exact) mass is 432 g/mol. The number of nitrogens with zero attached hydrogens (tertiary/aromatic N) is 4. The molecule has 8 nitrogen and oxygen atoms in total. The topological polar surface area (TPSA) is 102 Å². The van der Waals surface area contributed by atoms with E-state index in [1.54, 1.807) is 35.4 Å². The van der Waals surface area contributed by atoms with Gasteiger partial charge in [0.2, 0.25) is 5.91 Å². The first-order valence-electron chi connectivity index (χ1n) is 9.63. The summed E-state index contributed by atoms with van der Waals surface area (Å²) in [6.45, 7) is 0.492. The number of carbonyl (C=O) groups is 1. The fraction of sp³-hybridized carbons (Fsp3) is 0.136. The summed E-state index contributed by atoms with van der Waals surface area (Å²) in [4.78, 5) is 34.6. The molecule has 1 saturated heterocycles. The van der Waals surface area contributed by atoms with Gasteiger partial charge in [0.05, 0.1) is 27.6 Å². The molecule has 2 aromatic carbocycles. The Hall–Kier alpha value is -3.72. The standard InChI is InChI=1S/C22H16N4O4S/c27-22-19(10-11-25(22)14-5-3-6-15(13-14)26(28)29)31-21-16-7-1-2-8-17(16)23-20(24-21)18-9-4-12-30-18/h1-9,12-13,19H,10-11H2. The molecule has 5 rings (SSSR count). The highest BCUT2D eigenvalue weighted by molar-refractivity contribution is 8.00. The van der Waals surface area contributed by atoms with Gasteiger partial charge in [0.1, 0.15) is 5.03 Å². The van der Waals surface area contributed by atoms with Gasteiger partial charge in [0.15, 0.2) is 11.6 Å². The lowest BCUT2D eigenvalue weighted by molar-refractivity contribution is -0.384. The van der Waals surface area contributed by atoms with E-state index in [0.29, 0.717) is 35.3 Å². The number of carbonyl (C=O) groups excluding carboxylic acids is 1. The summed E-state index contributed by atoms with van der Waals surface area (Å²) in [5.41, 5.74) is 1.27. The molecule has 154 valence electrons. The van der Waals surface area contributed by atoms with Crippen LogP contribution in [0.5, 0.6) is 0 Å². The molecule has 1 amide bonds. The average Bonchev–Trinajstić information content (AvgIpc) is 3.44.